The number of hydrogen-bond acceptors (Lipinski definition) is 4. The van der Waals surface area contributed by atoms with Gasteiger partial charge in [-0.05, 0) is 25.1 Å². The van der Waals surface area contributed by atoms with Gasteiger partial charge < -0.3 is 20.1 Å². The molecule has 1 aromatic rings. The first-order valence-electron chi connectivity index (χ1n) is 7.41. The predicted octanol–water partition coefficient (Wildman–Crippen LogP) is 2.80. The van der Waals surface area contributed by atoms with Crippen molar-refractivity contribution < 1.29 is 9.47 Å². The van der Waals surface area contributed by atoms with Gasteiger partial charge in [-0.3, -0.25) is 0 Å². The molecule has 1 aromatic carbocycles. The average Bonchev–Trinajstić information content (AvgIpc) is 2.55. The average molecular weight is 288 g/mol. The highest BCUT2D eigenvalue weighted by Crippen LogP contribution is 2.28. The molecule has 4 nitrogen and oxygen atoms in total. The van der Waals surface area contributed by atoms with Gasteiger partial charge in [0, 0.05) is 19.5 Å². The lowest BCUT2D eigenvalue weighted by Gasteiger charge is -2.29. The number of nitrogens with zero attached hydrogens (tertiary/aromatic N) is 1. The highest BCUT2D eigenvalue weighted by Gasteiger charge is 2.21. The minimum absolute atomic E-state index is 0.0576. The highest BCUT2D eigenvalue weighted by molar-refractivity contribution is 5.24. The van der Waals surface area contributed by atoms with Crippen molar-refractivity contribution in [1.82, 2.24) is 4.90 Å². The van der Waals surface area contributed by atoms with Crippen LogP contribution in [0.3, 0.4) is 0 Å². The lowest BCUT2D eigenvalue weighted by molar-refractivity contribution is 0.0745. The van der Waals surface area contributed by atoms with Gasteiger partial charge >= 0.3 is 0 Å². The van der Waals surface area contributed by atoms with Gasteiger partial charge in [-0.1, -0.05) is 36.4 Å². The summed E-state index contributed by atoms with van der Waals surface area (Å²) in [6.45, 7) is 4.41. The molecule has 0 unspecified atom stereocenters. The molecular weight excluding hydrogens is 264 g/mol. The van der Waals surface area contributed by atoms with Crippen molar-refractivity contribution in [1.29, 1.82) is 0 Å². The normalized spacial score (nSPS) is 16.0. The molecule has 0 aromatic heterocycles. The minimum atomic E-state index is -0.0576. The van der Waals surface area contributed by atoms with Gasteiger partial charge in [0.2, 0.25) is 5.88 Å². The zero-order valence-corrected chi connectivity index (χ0v) is 12.8. The van der Waals surface area contributed by atoms with Crippen LogP contribution in [0.4, 0.5) is 0 Å². The molecule has 114 valence electrons. The summed E-state index contributed by atoms with van der Waals surface area (Å²) in [5.74, 6) is 1.56. The van der Waals surface area contributed by atoms with E-state index in [9.17, 15) is 0 Å². The van der Waals surface area contributed by atoms with Gasteiger partial charge in [-0.25, -0.2) is 0 Å². The molecule has 0 saturated carbocycles. The Bertz CT molecular complexity index is 497. The van der Waals surface area contributed by atoms with Crippen molar-refractivity contribution in [3.8, 4) is 0 Å². The van der Waals surface area contributed by atoms with Crippen LogP contribution in [0.25, 0.3) is 0 Å². The summed E-state index contributed by atoms with van der Waals surface area (Å²) in [6, 6.07) is 10.2. The number of nitrogens with two attached hydrogens (primary N) is 1. The fraction of sp³-hybridized carbons (Fsp3) is 0.412. The molecule has 0 bridgehead atoms. The Kier molecular flexibility index (Phi) is 5.69. The summed E-state index contributed by atoms with van der Waals surface area (Å²) in [7, 11) is 1.68. The summed E-state index contributed by atoms with van der Waals surface area (Å²) in [5.41, 5.74) is 6.87. The third kappa shape index (κ3) is 3.79. The Morgan fingerprint density at radius 2 is 2.05 bits per heavy atom. The lowest BCUT2D eigenvalue weighted by Crippen LogP contribution is -2.28. The van der Waals surface area contributed by atoms with E-state index < -0.39 is 0 Å². The Hall–Kier alpha value is -1.94. The topological polar surface area (TPSA) is 47.7 Å². The van der Waals surface area contributed by atoms with Crippen LogP contribution in [0.2, 0.25) is 0 Å². The quantitative estimate of drug-likeness (QED) is 0.838. The van der Waals surface area contributed by atoms with Gasteiger partial charge in [-0.15, -0.1) is 0 Å². The van der Waals surface area contributed by atoms with Gasteiger partial charge in [-0.2, -0.15) is 0 Å². The number of allylic oxidation sites excluding steroid dienone is 1. The number of benzene rings is 1. The van der Waals surface area contributed by atoms with Gasteiger partial charge in [0.15, 0.2) is 5.76 Å². The monoisotopic (exact) mass is 288 g/mol. The first-order valence-corrected chi connectivity index (χ1v) is 7.41. The third-order valence-corrected chi connectivity index (χ3v) is 3.54. The van der Waals surface area contributed by atoms with Crippen LogP contribution < -0.4 is 5.73 Å². The highest BCUT2D eigenvalue weighted by atomic mass is 16.5. The largest absolute Gasteiger partial charge is 0.480 e. The summed E-state index contributed by atoms with van der Waals surface area (Å²) in [4.78, 5) is 2.14. The molecule has 0 spiro atoms. The fourth-order valence-corrected chi connectivity index (χ4v) is 2.46. The van der Waals surface area contributed by atoms with E-state index in [4.69, 9.17) is 15.2 Å². The van der Waals surface area contributed by atoms with E-state index in [0.717, 1.165) is 36.7 Å². The lowest BCUT2D eigenvalue weighted by atomic mass is 10.1. The molecule has 0 aliphatic carbocycles. The van der Waals surface area contributed by atoms with Crippen LogP contribution in [0.5, 0.6) is 0 Å². The Balaban J connectivity index is 2.23. The second kappa shape index (κ2) is 7.74. The van der Waals surface area contributed by atoms with Crippen LogP contribution in [-0.2, 0) is 9.47 Å². The molecule has 21 heavy (non-hydrogen) atoms. The number of ether oxygens (including phenoxy) is 2. The maximum atomic E-state index is 6.20. The predicted molar refractivity (Wildman–Crippen MR) is 84.4 cm³/mol. The number of rotatable bonds is 7. The molecule has 0 radical (unpaired) electrons. The molecule has 1 heterocycles. The van der Waals surface area contributed by atoms with Crippen molar-refractivity contribution >= 4 is 0 Å². The van der Waals surface area contributed by atoms with E-state index in [1.54, 1.807) is 7.11 Å². The Morgan fingerprint density at radius 3 is 2.67 bits per heavy atom. The Labute approximate surface area is 126 Å². The Morgan fingerprint density at radius 1 is 1.29 bits per heavy atom. The van der Waals surface area contributed by atoms with E-state index in [0.29, 0.717) is 6.54 Å². The summed E-state index contributed by atoms with van der Waals surface area (Å²) in [5, 5.41) is 0. The molecule has 1 atom stereocenters. The molecule has 4 heteroatoms. The summed E-state index contributed by atoms with van der Waals surface area (Å²) >= 11 is 0. The number of hydrogen-bond donors (Lipinski definition) is 1. The van der Waals surface area contributed by atoms with Crippen LogP contribution in [0.1, 0.15) is 25.0 Å². The smallest absolute Gasteiger partial charge is 0.233 e. The van der Waals surface area contributed by atoms with E-state index in [1.165, 1.54) is 0 Å². The van der Waals surface area contributed by atoms with Crippen molar-refractivity contribution in [3.05, 3.63) is 59.7 Å². The molecule has 2 N–H and O–H groups in total. The van der Waals surface area contributed by atoms with Crippen LogP contribution in [0, 0.1) is 0 Å². The van der Waals surface area contributed by atoms with Crippen LogP contribution >= 0.6 is 0 Å². The maximum Gasteiger partial charge on any atom is 0.233 e. The first kappa shape index (κ1) is 15.4. The fourth-order valence-electron chi connectivity index (χ4n) is 2.46. The molecule has 0 saturated heterocycles. The van der Waals surface area contributed by atoms with Gasteiger partial charge in [0.1, 0.15) is 6.10 Å². The van der Waals surface area contributed by atoms with E-state index in [2.05, 4.69) is 30.0 Å². The zero-order chi connectivity index (χ0) is 15.1. The van der Waals surface area contributed by atoms with Crippen LogP contribution in [-0.4, -0.2) is 31.6 Å². The second-order valence-corrected chi connectivity index (χ2v) is 4.91. The standard InChI is InChI=1S/C17H24N2O2/c1-3-19-13-7-10-16(17(19)20-2)21-15(11-12-18)14-8-5-4-6-9-14/h4-10,15H,3,11-13,18H2,1-2H3/t15-/m1/s1. The van der Waals surface area contributed by atoms with E-state index in [-0.39, 0.29) is 6.10 Å². The molecule has 0 fully saturated rings. The summed E-state index contributed by atoms with van der Waals surface area (Å²) < 4.78 is 11.7. The SMILES string of the molecule is CCN1CC=CC(O[C@H](CCN)c2ccccc2)=C1OC. The second-order valence-electron chi connectivity index (χ2n) is 4.91. The van der Waals surface area contributed by atoms with E-state index in [1.807, 2.05) is 24.3 Å². The van der Waals surface area contributed by atoms with Crippen molar-refractivity contribution in [2.75, 3.05) is 26.7 Å². The van der Waals surface area contributed by atoms with Crippen molar-refractivity contribution in [3.63, 3.8) is 0 Å². The molecular formula is C17H24N2O2. The van der Waals surface area contributed by atoms with Crippen molar-refractivity contribution in [2.24, 2.45) is 5.73 Å². The third-order valence-electron chi connectivity index (χ3n) is 3.54. The van der Waals surface area contributed by atoms with Gasteiger partial charge in [0.05, 0.1) is 7.11 Å². The summed E-state index contributed by atoms with van der Waals surface area (Å²) in [6.07, 6.45) is 4.78. The number of likely N-dealkylation sites (N-methyl/N-ethyl adjacent to an activating group) is 1. The minimum Gasteiger partial charge on any atom is -0.480 e. The van der Waals surface area contributed by atoms with Crippen molar-refractivity contribution in [2.45, 2.75) is 19.4 Å². The maximum absolute atomic E-state index is 6.20. The first-order chi connectivity index (χ1) is 10.3. The molecule has 1 aliphatic rings. The van der Waals surface area contributed by atoms with E-state index >= 15 is 0 Å². The van der Waals surface area contributed by atoms with Gasteiger partial charge in [0.25, 0.3) is 0 Å². The molecule has 2 rings (SSSR count). The molecule has 0 amide bonds. The van der Waals surface area contributed by atoms with Crippen LogP contribution in [0.15, 0.2) is 54.1 Å². The zero-order valence-electron chi connectivity index (χ0n) is 12.8. The number of methoxy groups -OCH3 is 1. The molecule has 1 aliphatic heterocycles.